The van der Waals surface area contributed by atoms with Gasteiger partial charge in [-0.15, -0.1) is 0 Å². The number of hydrogen-bond donors (Lipinski definition) is 3. The molecule has 0 unspecified atom stereocenters. The van der Waals surface area contributed by atoms with Crippen molar-refractivity contribution in [2.75, 3.05) is 20.1 Å². The number of furan rings is 1. The van der Waals surface area contributed by atoms with Crippen molar-refractivity contribution in [3.05, 3.63) is 17.4 Å². The lowest BCUT2D eigenvalue weighted by molar-refractivity contribution is 0.0948. The molecule has 0 aliphatic rings. The molecular weight excluding hydrogens is 282 g/mol. The van der Waals surface area contributed by atoms with Crippen molar-refractivity contribution in [2.45, 2.75) is 31.9 Å². The van der Waals surface area contributed by atoms with Gasteiger partial charge >= 0.3 is 0 Å². The number of likely N-dealkylation sites (N-methyl/N-ethyl adjacent to an activating group) is 1. The number of carbonyl (C=O) groups excluding carboxylic acids is 1. The van der Waals surface area contributed by atoms with Gasteiger partial charge in [-0.25, -0.2) is 13.1 Å². The summed E-state index contributed by atoms with van der Waals surface area (Å²) in [5.74, 6) is -0.0824. The van der Waals surface area contributed by atoms with Gasteiger partial charge < -0.3 is 15.1 Å². The Morgan fingerprint density at radius 3 is 2.65 bits per heavy atom. The minimum Gasteiger partial charge on any atom is -0.448 e. The largest absolute Gasteiger partial charge is 0.448 e. The van der Waals surface area contributed by atoms with Crippen molar-refractivity contribution < 1.29 is 17.6 Å². The molecule has 0 aromatic carbocycles. The summed E-state index contributed by atoms with van der Waals surface area (Å²) >= 11 is 0. The van der Waals surface area contributed by atoms with E-state index in [9.17, 15) is 13.2 Å². The number of amides is 1. The van der Waals surface area contributed by atoms with Gasteiger partial charge in [0, 0.05) is 18.7 Å². The van der Waals surface area contributed by atoms with Crippen LogP contribution < -0.4 is 15.4 Å². The first kappa shape index (κ1) is 16.7. The van der Waals surface area contributed by atoms with Gasteiger partial charge in [-0.2, -0.15) is 0 Å². The Morgan fingerprint density at radius 1 is 1.45 bits per heavy atom. The maximum atomic E-state index is 12.0. The van der Waals surface area contributed by atoms with E-state index < -0.39 is 10.0 Å². The van der Waals surface area contributed by atoms with Crippen LogP contribution in [0.1, 0.15) is 30.0 Å². The molecule has 0 saturated heterocycles. The third-order valence-corrected chi connectivity index (χ3v) is 4.06. The van der Waals surface area contributed by atoms with Gasteiger partial charge in [-0.1, -0.05) is 6.92 Å². The van der Waals surface area contributed by atoms with E-state index in [0.717, 1.165) is 6.54 Å². The fraction of sp³-hybridized carbons (Fsp3) is 0.583. The van der Waals surface area contributed by atoms with E-state index in [1.807, 2.05) is 13.8 Å². The van der Waals surface area contributed by atoms with Crippen LogP contribution in [0.5, 0.6) is 0 Å². The molecule has 8 heteroatoms. The standard InChI is InChI=1S/C12H21N3O4S/c1-5-14-8(2)7-15-12(16)10-6-11(19-9(10)3)20(17,18)13-4/h6,8,13-14H,5,7H2,1-4H3,(H,15,16)/t8-/m1/s1. The average Bonchev–Trinajstić information content (AvgIpc) is 2.79. The summed E-state index contributed by atoms with van der Waals surface area (Å²) in [6, 6.07) is 1.37. The van der Waals surface area contributed by atoms with Crippen LogP contribution in [0, 0.1) is 6.92 Å². The molecule has 1 aromatic rings. The van der Waals surface area contributed by atoms with Gasteiger partial charge in [0.25, 0.3) is 15.9 Å². The summed E-state index contributed by atoms with van der Waals surface area (Å²) in [6.07, 6.45) is 0. The fourth-order valence-corrected chi connectivity index (χ4v) is 2.38. The monoisotopic (exact) mass is 303 g/mol. The van der Waals surface area contributed by atoms with E-state index in [1.54, 1.807) is 6.92 Å². The van der Waals surface area contributed by atoms with Gasteiger partial charge in [0.15, 0.2) is 0 Å². The van der Waals surface area contributed by atoms with E-state index in [0.29, 0.717) is 6.54 Å². The zero-order chi connectivity index (χ0) is 15.3. The second-order valence-electron chi connectivity index (χ2n) is 4.41. The van der Waals surface area contributed by atoms with Crippen molar-refractivity contribution in [2.24, 2.45) is 0 Å². The molecule has 20 heavy (non-hydrogen) atoms. The van der Waals surface area contributed by atoms with Crippen LogP contribution in [0.15, 0.2) is 15.6 Å². The third-order valence-electron chi connectivity index (χ3n) is 2.79. The molecule has 0 aliphatic carbocycles. The summed E-state index contributed by atoms with van der Waals surface area (Å²) in [4.78, 5) is 12.0. The van der Waals surface area contributed by atoms with Crippen LogP contribution in [-0.2, 0) is 10.0 Å². The quantitative estimate of drug-likeness (QED) is 0.669. The Labute approximate surface area is 119 Å². The van der Waals surface area contributed by atoms with Crippen LogP contribution >= 0.6 is 0 Å². The van der Waals surface area contributed by atoms with Crippen LogP contribution in [0.4, 0.5) is 0 Å². The molecule has 1 heterocycles. The van der Waals surface area contributed by atoms with E-state index >= 15 is 0 Å². The fourth-order valence-electron chi connectivity index (χ4n) is 1.67. The number of aryl methyl sites for hydroxylation is 1. The molecule has 0 fully saturated rings. The Morgan fingerprint density at radius 2 is 2.10 bits per heavy atom. The number of hydrogen-bond acceptors (Lipinski definition) is 5. The predicted octanol–water partition coefficient (Wildman–Crippen LogP) is 0.224. The molecule has 3 N–H and O–H groups in total. The highest BCUT2D eigenvalue weighted by molar-refractivity contribution is 7.89. The zero-order valence-corrected chi connectivity index (χ0v) is 12.9. The lowest BCUT2D eigenvalue weighted by atomic mass is 10.2. The second-order valence-corrected chi connectivity index (χ2v) is 6.23. The Hall–Kier alpha value is -1.38. The van der Waals surface area contributed by atoms with Crippen LogP contribution in [0.2, 0.25) is 0 Å². The van der Waals surface area contributed by atoms with E-state index in [2.05, 4.69) is 15.4 Å². The second kappa shape index (κ2) is 6.87. The molecule has 0 spiro atoms. The Bertz CT molecular complexity index is 565. The summed E-state index contributed by atoms with van der Waals surface area (Å²) < 4.78 is 30.4. The highest BCUT2D eigenvalue weighted by Gasteiger charge is 2.22. The van der Waals surface area contributed by atoms with Gasteiger partial charge in [0.05, 0.1) is 5.56 Å². The van der Waals surface area contributed by atoms with E-state index in [-0.39, 0.29) is 28.4 Å². The summed E-state index contributed by atoms with van der Waals surface area (Å²) in [5.41, 5.74) is 0.225. The van der Waals surface area contributed by atoms with Crippen molar-refractivity contribution >= 4 is 15.9 Å². The van der Waals surface area contributed by atoms with E-state index in [1.165, 1.54) is 13.1 Å². The van der Waals surface area contributed by atoms with Crippen LogP contribution in [-0.4, -0.2) is 40.5 Å². The lowest BCUT2D eigenvalue weighted by Crippen LogP contribution is -2.38. The van der Waals surface area contributed by atoms with Crippen molar-refractivity contribution in [1.29, 1.82) is 0 Å². The molecule has 114 valence electrons. The number of rotatable bonds is 7. The first-order valence-corrected chi connectivity index (χ1v) is 7.85. The van der Waals surface area contributed by atoms with Crippen molar-refractivity contribution in [3.63, 3.8) is 0 Å². The summed E-state index contributed by atoms with van der Waals surface area (Å²) in [7, 11) is -2.40. The Kier molecular flexibility index (Phi) is 5.73. The van der Waals surface area contributed by atoms with Crippen LogP contribution in [0.3, 0.4) is 0 Å². The third kappa shape index (κ3) is 4.06. The minimum atomic E-state index is -3.68. The topological polar surface area (TPSA) is 100 Å². The van der Waals surface area contributed by atoms with E-state index in [4.69, 9.17) is 4.42 Å². The van der Waals surface area contributed by atoms with Gasteiger partial charge in [-0.05, 0) is 27.4 Å². The summed E-state index contributed by atoms with van der Waals surface area (Å²) in [6.45, 7) is 6.74. The maximum Gasteiger partial charge on any atom is 0.273 e. The highest BCUT2D eigenvalue weighted by Crippen LogP contribution is 2.18. The molecule has 0 saturated carbocycles. The molecular formula is C12H21N3O4S. The molecule has 7 nitrogen and oxygen atoms in total. The van der Waals surface area contributed by atoms with Gasteiger partial charge in [0.2, 0.25) is 5.09 Å². The molecule has 1 amide bonds. The molecule has 0 bridgehead atoms. The maximum absolute atomic E-state index is 12.0. The van der Waals surface area contributed by atoms with Crippen LogP contribution in [0.25, 0.3) is 0 Å². The normalized spacial score (nSPS) is 13.2. The smallest absolute Gasteiger partial charge is 0.273 e. The molecule has 0 radical (unpaired) electrons. The number of sulfonamides is 1. The molecule has 1 atom stereocenters. The molecule has 1 aromatic heterocycles. The van der Waals surface area contributed by atoms with Crippen molar-refractivity contribution in [3.8, 4) is 0 Å². The number of carbonyl (C=O) groups is 1. The minimum absolute atomic E-state index is 0.136. The summed E-state index contributed by atoms with van der Waals surface area (Å²) in [5, 5.41) is 5.63. The van der Waals surface area contributed by atoms with Gasteiger partial charge in [0.1, 0.15) is 5.76 Å². The number of nitrogens with one attached hydrogen (secondary N) is 3. The molecule has 1 rings (SSSR count). The predicted molar refractivity (Wildman–Crippen MR) is 75.2 cm³/mol. The average molecular weight is 303 g/mol. The molecule has 0 aliphatic heterocycles. The van der Waals surface area contributed by atoms with Gasteiger partial charge in [-0.3, -0.25) is 4.79 Å². The SMILES string of the molecule is CCN[C@H](C)CNC(=O)c1cc(S(=O)(=O)NC)oc1C. The zero-order valence-electron chi connectivity index (χ0n) is 12.1. The lowest BCUT2D eigenvalue weighted by Gasteiger charge is -2.12. The highest BCUT2D eigenvalue weighted by atomic mass is 32.2. The Balaban J connectivity index is 2.80. The first-order chi connectivity index (χ1) is 9.31. The van der Waals surface area contributed by atoms with Crippen molar-refractivity contribution in [1.82, 2.24) is 15.4 Å². The first-order valence-electron chi connectivity index (χ1n) is 6.37.